The Kier molecular flexibility index (Phi) is 4.77. The number of carbonyl (C=O) groups is 1. The lowest BCUT2D eigenvalue weighted by atomic mass is 10.0. The van der Waals surface area contributed by atoms with Crippen LogP contribution in [0, 0.1) is 0 Å². The minimum atomic E-state index is -2.67. The molecule has 1 aromatic carbocycles. The van der Waals surface area contributed by atoms with Crippen LogP contribution in [0.3, 0.4) is 0 Å². The average Bonchev–Trinajstić information content (AvgIpc) is 2.40. The monoisotopic (exact) mass is 297 g/mol. The third kappa shape index (κ3) is 4.97. The molecule has 2 rings (SSSR count). The molecule has 6 heteroatoms. The van der Waals surface area contributed by atoms with Crippen molar-refractivity contribution in [2.75, 3.05) is 25.4 Å². The highest BCUT2D eigenvalue weighted by molar-refractivity contribution is 5.94. The van der Waals surface area contributed by atoms with E-state index >= 15 is 0 Å². The second-order valence-electron chi connectivity index (χ2n) is 5.72. The number of halogens is 2. The zero-order valence-corrected chi connectivity index (χ0v) is 12.1. The van der Waals surface area contributed by atoms with E-state index in [1.54, 1.807) is 29.2 Å². The molecule has 1 heterocycles. The van der Waals surface area contributed by atoms with E-state index in [1.165, 1.54) is 0 Å². The van der Waals surface area contributed by atoms with Crippen LogP contribution in [0.5, 0.6) is 0 Å². The third-order valence-corrected chi connectivity index (χ3v) is 3.60. The van der Waals surface area contributed by atoms with Crippen LogP contribution in [-0.4, -0.2) is 42.4 Å². The molecule has 0 spiro atoms. The minimum absolute atomic E-state index is 0.0387. The fourth-order valence-corrected chi connectivity index (χ4v) is 2.53. The molecule has 0 bridgehead atoms. The molecule has 3 N–H and O–H groups in total. The zero-order valence-electron chi connectivity index (χ0n) is 12.1. The first-order valence-electron chi connectivity index (χ1n) is 7.10. The summed E-state index contributed by atoms with van der Waals surface area (Å²) in [5, 5.41) is 2.94. The molecule has 0 radical (unpaired) electrons. The van der Waals surface area contributed by atoms with Gasteiger partial charge in [-0.1, -0.05) is 0 Å². The Hall–Kier alpha value is -1.69. The van der Waals surface area contributed by atoms with Gasteiger partial charge < -0.3 is 11.1 Å². The van der Waals surface area contributed by atoms with Gasteiger partial charge in [0.2, 0.25) is 0 Å². The topological polar surface area (TPSA) is 58.4 Å². The summed E-state index contributed by atoms with van der Waals surface area (Å²) in [5.74, 6) is -2.81. The number of amides is 1. The number of nitrogen functional groups attached to an aromatic ring is 1. The van der Waals surface area contributed by atoms with Gasteiger partial charge in [-0.15, -0.1) is 0 Å². The van der Waals surface area contributed by atoms with Gasteiger partial charge >= 0.3 is 0 Å². The molecule has 0 aliphatic carbocycles. The fraction of sp³-hybridized carbons (Fsp3) is 0.533. The third-order valence-electron chi connectivity index (χ3n) is 3.60. The number of alkyl halides is 2. The second kappa shape index (κ2) is 6.39. The van der Waals surface area contributed by atoms with Gasteiger partial charge in [0.25, 0.3) is 11.8 Å². The van der Waals surface area contributed by atoms with E-state index < -0.39 is 5.92 Å². The minimum Gasteiger partial charge on any atom is -0.399 e. The van der Waals surface area contributed by atoms with Crippen LogP contribution in [0.25, 0.3) is 0 Å². The average molecular weight is 297 g/mol. The Morgan fingerprint density at radius 1 is 1.33 bits per heavy atom. The molecule has 1 fully saturated rings. The number of likely N-dealkylation sites (tertiary alicyclic amines) is 1. The summed E-state index contributed by atoms with van der Waals surface area (Å²) < 4.78 is 25.9. The van der Waals surface area contributed by atoms with Crippen LogP contribution >= 0.6 is 0 Å². The largest absolute Gasteiger partial charge is 0.399 e. The molecule has 0 saturated carbocycles. The highest BCUT2D eigenvalue weighted by atomic mass is 19.3. The summed E-state index contributed by atoms with van der Waals surface area (Å²) in [6.07, 6.45) is 1.38. The SMILES string of the molecule is CC(F)(F)CN1CCC(NC(=O)c2ccc(N)cc2)CC1. The second-order valence-corrected chi connectivity index (χ2v) is 5.72. The van der Waals surface area contributed by atoms with Gasteiger partial charge in [-0.3, -0.25) is 9.69 Å². The number of nitrogens with two attached hydrogens (primary N) is 1. The van der Waals surface area contributed by atoms with Crippen molar-refractivity contribution in [3.05, 3.63) is 29.8 Å². The van der Waals surface area contributed by atoms with Crippen molar-refractivity contribution >= 4 is 11.6 Å². The Morgan fingerprint density at radius 2 is 1.90 bits per heavy atom. The molecule has 4 nitrogen and oxygen atoms in total. The number of carbonyl (C=O) groups excluding carboxylic acids is 1. The number of rotatable bonds is 4. The number of nitrogens with zero attached hydrogens (tertiary/aromatic N) is 1. The fourth-order valence-electron chi connectivity index (χ4n) is 2.53. The zero-order chi connectivity index (χ0) is 15.5. The molecule has 1 saturated heterocycles. The molecule has 1 aliphatic heterocycles. The number of anilines is 1. The molecule has 0 unspecified atom stereocenters. The number of hydrogen-bond acceptors (Lipinski definition) is 3. The first-order chi connectivity index (χ1) is 9.83. The van der Waals surface area contributed by atoms with Gasteiger partial charge in [0.15, 0.2) is 0 Å². The molecule has 116 valence electrons. The molecule has 1 aromatic rings. The van der Waals surface area contributed by atoms with Crippen LogP contribution in [0.15, 0.2) is 24.3 Å². The van der Waals surface area contributed by atoms with E-state index in [2.05, 4.69) is 5.32 Å². The van der Waals surface area contributed by atoms with Gasteiger partial charge in [-0.2, -0.15) is 0 Å². The van der Waals surface area contributed by atoms with Gasteiger partial charge in [0.1, 0.15) is 0 Å². The maximum absolute atomic E-state index is 12.9. The van der Waals surface area contributed by atoms with Gasteiger partial charge in [-0.05, 0) is 37.1 Å². The summed E-state index contributed by atoms with van der Waals surface area (Å²) >= 11 is 0. The maximum Gasteiger partial charge on any atom is 0.257 e. The lowest BCUT2D eigenvalue weighted by Crippen LogP contribution is -2.47. The number of nitrogens with one attached hydrogen (secondary N) is 1. The number of piperidine rings is 1. The van der Waals surface area contributed by atoms with Crippen molar-refractivity contribution in [1.82, 2.24) is 10.2 Å². The van der Waals surface area contributed by atoms with Crippen LogP contribution < -0.4 is 11.1 Å². The molecular formula is C15H21F2N3O. The highest BCUT2D eigenvalue weighted by Crippen LogP contribution is 2.18. The lowest BCUT2D eigenvalue weighted by molar-refractivity contribution is -0.0205. The molecular weight excluding hydrogens is 276 g/mol. The van der Waals surface area contributed by atoms with E-state index in [1.807, 2.05) is 0 Å². The quantitative estimate of drug-likeness (QED) is 0.837. The van der Waals surface area contributed by atoms with Crippen LogP contribution in [0.4, 0.5) is 14.5 Å². The van der Waals surface area contributed by atoms with Gasteiger partial charge in [0, 0.05) is 37.3 Å². The van der Waals surface area contributed by atoms with E-state index in [4.69, 9.17) is 5.73 Å². The van der Waals surface area contributed by atoms with Crippen molar-refractivity contribution in [2.24, 2.45) is 0 Å². The van der Waals surface area contributed by atoms with Gasteiger partial charge in [-0.25, -0.2) is 8.78 Å². The van der Waals surface area contributed by atoms with E-state index in [9.17, 15) is 13.6 Å². The summed E-state index contributed by atoms with van der Waals surface area (Å²) in [7, 11) is 0. The normalized spacial score (nSPS) is 17.7. The van der Waals surface area contributed by atoms with Crippen molar-refractivity contribution in [2.45, 2.75) is 31.7 Å². The van der Waals surface area contributed by atoms with Crippen molar-refractivity contribution < 1.29 is 13.6 Å². The van der Waals surface area contributed by atoms with Crippen LogP contribution in [0.2, 0.25) is 0 Å². The Morgan fingerprint density at radius 3 is 2.43 bits per heavy atom. The van der Waals surface area contributed by atoms with Crippen LogP contribution in [0.1, 0.15) is 30.1 Å². The lowest BCUT2D eigenvalue weighted by Gasteiger charge is -2.33. The summed E-state index contributed by atoms with van der Waals surface area (Å²) in [6, 6.07) is 6.76. The van der Waals surface area contributed by atoms with Crippen molar-refractivity contribution in [3.8, 4) is 0 Å². The highest BCUT2D eigenvalue weighted by Gasteiger charge is 2.28. The molecule has 21 heavy (non-hydrogen) atoms. The summed E-state index contributed by atoms with van der Waals surface area (Å²) in [5.41, 5.74) is 6.75. The Labute approximate surface area is 123 Å². The molecule has 0 aromatic heterocycles. The number of benzene rings is 1. The predicted molar refractivity (Wildman–Crippen MR) is 78.4 cm³/mol. The molecule has 1 amide bonds. The maximum atomic E-state index is 12.9. The van der Waals surface area contributed by atoms with E-state index in [0.29, 0.717) is 37.2 Å². The Bertz CT molecular complexity index is 477. The predicted octanol–water partition coefficient (Wildman–Crippen LogP) is 2.12. The van der Waals surface area contributed by atoms with Crippen LogP contribution in [-0.2, 0) is 0 Å². The van der Waals surface area contributed by atoms with Gasteiger partial charge in [0.05, 0.1) is 6.54 Å². The first kappa shape index (κ1) is 15.7. The molecule has 0 atom stereocenters. The summed E-state index contributed by atoms with van der Waals surface area (Å²) in [4.78, 5) is 13.8. The van der Waals surface area contributed by atoms with E-state index in [0.717, 1.165) is 6.92 Å². The number of hydrogen-bond donors (Lipinski definition) is 2. The standard InChI is InChI=1S/C15H21F2N3O/c1-15(16,17)10-20-8-6-13(7-9-20)19-14(21)11-2-4-12(18)5-3-11/h2-5,13H,6-10,18H2,1H3,(H,19,21). The Balaban J connectivity index is 1.80. The smallest absolute Gasteiger partial charge is 0.257 e. The van der Waals surface area contributed by atoms with Crippen molar-refractivity contribution in [3.63, 3.8) is 0 Å². The molecule has 1 aliphatic rings. The van der Waals surface area contributed by atoms with E-state index in [-0.39, 0.29) is 18.5 Å². The summed E-state index contributed by atoms with van der Waals surface area (Å²) in [6.45, 7) is 1.87. The van der Waals surface area contributed by atoms with Crippen molar-refractivity contribution in [1.29, 1.82) is 0 Å². The first-order valence-corrected chi connectivity index (χ1v) is 7.10.